The number of hydrazine groups is 1. The molecular weight excluding hydrogens is 490 g/mol. The standard InChI is InChI=1S/C27H27N5O2S2/c1-18(2)24(25(33)30-31-27(34)36-32-21-16-10-5-11-17-21)35-26-28-22(19-12-6-3-7-13-19)23(29-26)20-14-8-4-9-15-20/h3-18,24,32H,1-2H3,(H,28,29)(H,30,33)(H,31,34). The van der Waals surface area contributed by atoms with Crippen LogP contribution in [-0.4, -0.2) is 26.4 Å². The van der Waals surface area contributed by atoms with Crippen LogP contribution in [0.1, 0.15) is 13.8 Å². The van der Waals surface area contributed by atoms with Crippen molar-refractivity contribution in [1.82, 2.24) is 20.8 Å². The topological polar surface area (TPSA) is 98.9 Å². The predicted octanol–water partition coefficient (Wildman–Crippen LogP) is 6.36. The lowest BCUT2D eigenvalue weighted by Gasteiger charge is -2.18. The maximum absolute atomic E-state index is 13.0. The summed E-state index contributed by atoms with van der Waals surface area (Å²) in [7, 11) is 0. The summed E-state index contributed by atoms with van der Waals surface area (Å²) in [6.07, 6.45) is 0. The number of hydrogen-bond donors (Lipinski definition) is 4. The number of thioether (sulfide) groups is 1. The normalized spacial score (nSPS) is 11.6. The number of H-pyrrole nitrogens is 1. The molecule has 0 aliphatic rings. The highest BCUT2D eigenvalue weighted by Crippen LogP contribution is 2.35. The van der Waals surface area contributed by atoms with Gasteiger partial charge in [-0.3, -0.25) is 20.4 Å². The maximum Gasteiger partial charge on any atom is 0.317 e. The molecule has 0 saturated carbocycles. The molecule has 0 aliphatic carbocycles. The highest BCUT2D eigenvalue weighted by atomic mass is 32.2. The molecule has 0 radical (unpaired) electrons. The van der Waals surface area contributed by atoms with Crippen molar-refractivity contribution in [2.75, 3.05) is 4.72 Å². The number of carbonyl (C=O) groups is 2. The Kier molecular flexibility index (Phi) is 8.70. The van der Waals surface area contributed by atoms with E-state index in [1.807, 2.05) is 105 Å². The maximum atomic E-state index is 13.0. The van der Waals surface area contributed by atoms with E-state index in [0.29, 0.717) is 5.16 Å². The van der Waals surface area contributed by atoms with Gasteiger partial charge in [0.15, 0.2) is 5.16 Å². The van der Waals surface area contributed by atoms with Crippen molar-refractivity contribution < 1.29 is 9.59 Å². The van der Waals surface area contributed by atoms with Crippen LogP contribution in [-0.2, 0) is 4.79 Å². The number of nitrogens with zero attached hydrogens (tertiary/aromatic N) is 1. The molecule has 1 aromatic heterocycles. The lowest BCUT2D eigenvalue weighted by atomic mass is 10.1. The third kappa shape index (κ3) is 6.71. The molecule has 3 aromatic carbocycles. The minimum absolute atomic E-state index is 0.00699. The van der Waals surface area contributed by atoms with E-state index in [-0.39, 0.29) is 11.8 Å². The second-order valence-corrected chi connectivity index (χ2v) is 10.2. The van der Waals surface area contributed by atoms with Crippen molar-refractivity contribution in [3.05, 3.63) is 91.0 Å². The number of rotatable bonds is 8. The summed E-state index contributed by atoms with van der Waals surface area (Å²) in [5, 5.41) is -0.265. The fourth-order valence-electron chi connectivity index (χ4n) is 3.46. The van der Waals surface area contributed by atoms with E-state index in [4.69, 9.17) is 4.98 Å². The second-order valence-electron chi connectivity index (χ2n) is 8.25. The number of nitrogens with one attached hydrogen (secondary N) is 4. The molecule has 7 nitrogen and oxygen atoms in total. The summed E-state index contributed by atoms with van der Waals surface area (Å²) < 4.78 is 2.93. The van der Waals surface area contributed by atoms with E-state index in [1.54, 1.807) is 0 Å². The Morgan fingerprint density at radius 3 is 2.00 bits per heavy atom. The third-order valence-electron chi connectivity index (χ3n) is 5.22. The first-order chi connectivity index (χ1) is 17.5. The Bertz CT molecular complexity index is 1220. The predicted molar refractivity (Wildman–Crippen MR) is 148 cm³/mol. The molecule has 1 atom stereocenters. The molecule has 0 fully saturated rings. The molecule has 1 unspecified atom stereocenters. The van der Waals surface area contributed by atoms with Crippen LogP contribution in [0.25, 0.3) is 22.5 Å². The fourth-order valence-corrected chi connectivity index (χ4v) is 4.89. The molecule has 184 valence electrons. The number of aromatic amines is 1. The Morgan fingerprint density at radius 1 is 0.806 bits per heavy atom. The molecule has 4 rings (SSSR count). The van der Waals surface area contributed by atoms with Gasteiger partial charge >= 0.3 is 5.24 Å². The Hall–Kier alpha value is -3.69. The number of aromatic nitrogens is 2. The minimum Gasteiger partial charge on any atom is -0.332 e. The Morgan fingerprint density at radius 2 is 1.39 bits per heavy atom. The lowest BCUT2D eigenvalue weighted by molar-refractivity contribution is -0.121. The van der Waals surface area contributed by atoms with Crippen molar-refractivity contribution in [3.8, 4) is 22.5 Å². The van der Waals surface area contributed by atoms with Gasteiger partial charge in [0.25, 0.3) is 5.91 Å². The average Bonchev–Trinajstić information content (AvgIpc) is 3.35. The highest BCUT2D eigenvalue weighted by molar-refractivity contribution is 8.14. The van der Waals surface area contributed by atoms with Crippen molar-refractivity contribution >= 4 is 40.5 Å². The van der Waals surface area contributed by atoms with Gasteiger partial charge in [-0.15, -0.1) is 0 Å². The van der Waals surface area contributed by atoms with Crippen LogP contribution in [0, 0.1) is 5.92 Å². The first-order valence-corrected chi connectivity index (χ1v) is 13.2. The number of para-hydroxylation sites is 1. The zero-order valence-corrected chi connectivity index (χ0v) is 21.5. The minimum atomic E-state index is -0.476. The number of anilines is 1. The number of benzene rings is 3. The Balaban J connectivity index is 1.45. The SMILES string of the molecule is CC(C)C(Sc1nc(-c2ccccc2)c(-c2ccccc2)[nH]1)C(=O)NNC(=O)SNc1ccccc1. The average molecular weight is 518 g/mol. The van der Waals surface area contributed by atoms with Gasteiger partial charge in [0.1, 0.15) is 0 Å². The van der Waals surface area contributed by atoms with E-state index in [9.17, 15) is 9.59 Å². The first kappa shape index (κ1) is 25.4. The van der Waals surface area contributed by atoms with Crippen LogP contribution in [0.15, 0.2) is 96.2 Å². The van der Waals surface area contributed by atoms with Gasteiger partial charge in [0.05, 0.1) is 16.6 Å². The van der Waals surface area contributed by atoms with Gasteiger partial charge in [0.2, 0.25) is 0 Å². The summed E-state index contributed by atoms with van der Waals surface area (Å²) in [4.78, 5) is 33.4. The van der Waals surface area contributed by atoms with Crippen LogP contribution < -0.4 is 15.6 Å². The van der Waals surface area contributed by atoms with Crippen molar-refractivity contribution in [2.45, 2.75) is 24.3 Å². The second kappa shape index (κ2) is 12.3. The first-order valence-electron chi connectivity index (χ1n) is 11.5. The number of amides is 2. The van der Waals surface area contributed by atoms with Gasteiger partial charge in [-0.2, -0.15) is 0 Å². The zero-order chi connectivity index (χ0) is 25.3. The van der Waals surface area contributed by atoms with Crippen molar-refractivity contribution in [2.24, 2.45) is 5.92 Å². The van der Waals surface area contributed by atoms with Gasteiger partial charge in [-0.1, -0.05) is 104 Å². The van der Waals surface area contributed by atoms with Gasteiger partial charge in [0, 0.05) is 28.8 Å². The molecule has 0 saturated heterocycles. The lowest BCUT2D eigenvalue weighted by Crippen LogP contribution is -2.45. The third-order valence-corrected chi connectivity index (χ3v) is 7.27. The Labute approximate surface area is 219 Å². The van der Waals surface area contributed by atoms with E-state index in [1.165, 1.54) is 11.8 Å². The molecule has 0 aliphatic heterocycles. The summed E-state index contributed by atoms with van der Waals surface area (Å²) in [5.41, 5.74) is 9.51. The zero-order valence-electron chi connectivity index (χ0n) is 19.9. The van der Waals surface area contributed by atoms with E-state index >= 15 is 0 Å². The van der Waals surface area contributed by atoms with E-state index in [2.05, 4.69) is 20.6 Å². The molecule has 1 heterocycles. The van der Waals surface area contributed by atoms with E-state index in [0.717, 1.165) is 40.2 Å². The van der Waals surface area contributed by atoms with Gasteiger partial charge in [-0.05, 0) is 18.1 Å². The number of carbonyl (C=O) groups excluding carboxylic acids is 2. The smallest absolute Gasteiger partial charge is 0.317 e. The molecule has 2 amide bonds. The molecular formula is C27H27N5O2S2. The summed E-state index contributed by atoms with van der Waals surface area (Å²) >= 11 is 2.19. The van der Waals surface area contributed by atoms with Crippen LogP contribution >= 0.6 is 23.7 Å². The largest absolute Gasteiger partial charge is 0.332 e. The summed E-state index contributed by atoms with van der Waals surface area (Å²) in [6.45, 7) is 3.92. The fraction of sp³-hybridized carbons (Fsp3) is 0.148. The quantitative estimate of drug-likeness (QED) is 0.123. The molecule has 0 bridgehead atoms. The van der Waals surface area contributed by atoms with E-state index < -0.39 is 10.5 Å². The van der Waals surface area contributed by atoms with Crippen LogP contribution in [0.5, 0.6) is 0 Å². The monoisotopic (exact) mass is 517 g/mol. The van der Waals surface area contributed by atoms with Crippen molar-refractivity contribution in [1.29, 1.82) is 0 Å². The van der Waals surface area contributed by atoms with Crippen LogP contribution in [0.4, 0.5) is 10.5 Å². The number of imidazole rings is 1. The van der Waals surface area contributed by atoms with Crippen LogP contribution in [0.3, 0.4) is 0 Å². The summed E-state index contributed by atoms with van der Waals surface area (Å²) in [6, 6.07) is 29.3. The molecule has 4 N–H and O–H groups in total. The number of hydrogen-bond acceptors (Lipinski definition) is 6. The summed E-state index contributed by atoms with van der Waals surface area (Å²) in [5.74, 6) is -0.310. The molecule has 36 heavy (non-hydrogen) atoms. The van der Waals surface area contributed by atoms with Gasteiger partial charge in [-0.25, -0.2) is 4.98 Å². The van der Waals surface area contributed by atoms with Gasteiger partial charge < -0.3 is 9.71 Å². The van der Waals surface area contributed by atoms with Crippen molar-refractivity contribution in [3.63, 3.8) is 0 Å². The molecule has 4 aromatic rings. The highest BCUT2D eigenvalue weighted by Gasteiger charge is 2.26. The molecule has 0 spiro atoms. The molecule has 9 heteroatoms. The van der Waals surface area contributed by atoms with Crippen LogP contribution in [0.2, 0.25) is 0 Å².